The molecule has 1 N–H and O–H groups in total. The Labute approximate surface area is 118 Å². The Morgan fingerprint density at radius 3 is 2.58 bits per heavy atom. The summed E-state index contributed by atoms with van der Waals surface area (Å²) in [5.74, 6) is 0. The number of nitrogens with one attached hydrogen (secondary N) is 1. The lowest BCUT2D eigenvalue weighted by Gasteiger charge is -2.33. The van der Waals surface area contributed by atoms with Gasteiger partial charge in [-0.05, 0) is 43.7 Å². The monoisotopic (exact) mass is 265 g/mol. The molecule has 3 heteroatoms. The van der Waals surface area contributed by atoms with Gasteiger partial charge in [-0.15, -0.1) is 0 Å². The van der Waals surface area contributed by atoms with Crippen molar-refractivity contribution in [3.8, 4) is 0 Å². The van der Waals surface area contributed by atoms with Crippen LogP contribution in [0.15, 0.2) is 12.3 Å². The molecule has 0 fully saturated rings. The second kappa shape index (κ2) is 8.36. The zero-order valence-electron chi connectivity index (χ0n) is 13.2. The summed E-state index contributed by atoms with van der Waals surface area (Å²) in [5, 5.41) is 8.20. The van der Waals surface area contributed by atoms with E-state index in [2.05, 4.69) is 43.4 Å². The van der Waals surface area contributed by atoms with Gasteiger partial charge in [-0.3, -0.25) is 4.68 Å². The third kappa shape index (κ3) is 5.35. The van der Waals surface area contributed by atoms with Crippen LogP contribution in [0.2, 0.25) is 0 Å². The molecule has 0 spiro atoms. The molecule has 1 heterocycles. The first kappa shape index (κ1) is 16.2. The third-order valence-corrected chi connectivity index (χ3v) is 4.06. The van der Waals surface area contributed by atoms with Crippen molar-refractivity contribution in [2.75, 3.05) is 13.1 Å². The first-order valence-electron chi connectivity index (χ1n) is 7.85. The fourth-order valence-corrected chi connectivity index (χ4v) is 2.69. The van der Waals surface area contributed by atoms with E-state index in [-0.39, 0.29) is 0 Å². The Morgan fingerprint density at radius 2 is 2.05 bits per heavy atom. The minimum atomic E-state index is 0.375. The molecule has 0 saturated heterocycles. The summed E-state index contributed by atoms with van der Waals surface area (Å²) in [6.45, 7) is 9.07. The van der Waals surface area contributed by atoms with Crippen molar-refractivity contribution in [3.05, 3.63) is 18.0 Å². The zero-order chi connectivity index (χ0) is 14.1. The Kier molecular flexibility index (Phi) is 7.14. The van der Waals surface area contributed by atoms with E-state index in [0.29, 0.717) is 5.41 Å². The summed E-state index contributed by atoms with van der Waals surface area (Å²) in [4.78, 5) is 0. The van der Waals surface area contributed by atoms with Crippen LogP contribution in [0.4, 0.5) is 0 Å². The minimum absolute atomic E-state index is 0.375. The molecule has 1 aromatic heterocycles. The molecule has 0 amide bonds. The summed E-state index contributed by atoms with van der Waals surface area (Å²) in [6, 6.07) is 2.16. The maximum atomic E-state index is 4.57. The highest BCUT2D eigenvalue weighted by atomic mass is 15.2. The van der Waals surface area contributed by atoms with Crippen molar-refractivity contribution in [2.24, 2.45) is 12.5 Å². The van der Waals surface area contributed by atoms with Crippen molar-refractivity contribution in [1.82, 2.24) is 15.1 Å². The van der Waals surface area contributed by atoms with Crippen molar-refractivity contribution >= 4 is 0 Å². The molecule has 0 aliphatic carbocycles. The highest BCUT2D eigenvalue weighted by molar-refractivity contribution is 5.03. The predicted molar refractivity (Wildman–Crippen MR) is 82.3 cm³/mol. The van der Waals surface area contributed by atoms with E-state index in [1.165, 1.54) is 37.8 Å². The summed E-state index contributed by atoms with van der Waals surface area (Å²) < 4.78 is 1.91. The van der Waals surface area contributed by atoms with Crippen LogP contribution in [-0.2, 0) is 13.5 Å². The number of unbranched alkanes of at least 4 members (excludes halogenated alkanes) is 1. The summed E-state index contributed by atoms with van der Waals surface area (Å²) >= 11 is 0. The van der Waals surface area contributed by atoms with E-state index < -0.39 is 0 Å². The molecule has 110 valence electrons. The number of rotatable bonds is 10. The van der Waals surface area contributed by atoms with Crippen molar-refractivity contribution < 1.29 is 0 Å². The largest absolute Gasteiger partial charge is 0.316 e. The molecule has 0 aliphatic rings. The summed E-state index contributed by atoms with van der Waals surface area (Å²) in [6.07, 6.45) is 9.47. The Balaban J connectivity index is 2.69. The van der Waals surface area contributed by atoms with E-state index in [4.69, 9.17) is 0 Å². The molecule has 0 saturated carbocycles. The van der Waals surface area contributed by atoms with Crippen molar-refractivity contribution in [2.45, 2.75) is 59.3 Å². The van der Waals surface area contributed by atoms with Gasteiger partial charge in [0.05, 0.1) is 5.69 Å². The number of aryl methyl sites for hydroxylation is 1. The van der Waals surface area contributed by atoms with E-state index in [0.717, 1.165) is 19.5 Å². The second-order valence-electron chi connectivity index (χ2n) is 5.79. The van der Waals surface area contributed by atoms with E-state index in [1.54, 1.807) is 0 Å². The Hall–Kier alpha value is -0.830. The molecule has 0 bridgehead atoms. The van der Waals surface area contributed by atoms with E-state index in [9.17, 15) is 0 Å². The fourth-order valence-electron chi connectivity index (χ4n) is 2.69. The van der Waals surface area contributed by atoms with Gasteiger partial charge in [-0.2, -0.15) is 5.10 Å². The number of hydrogen-bond donors (Lipinski definition) is 1. The van der Waals surface area contributed by atoms with Crippen LogP contribution in [0, 0.1) is 5.41 Å². The molecule has 3 nitrogen and oxygen atoms in total. The Bertz CT molecular complexity index is 346. The highest BCUT2D eigenvalue weighted by Gasteiger charge is 2.28. The number of nitrogens with zero attached hydrogens (tertiary/aromatic N) is 2. The molecule has 1 unspecified atom stereocenters. The second-order valence-corrected chi connectivity index (χ2v) is 5.79. The number of aromatic nitrogens is 2. The zero-order valence-corrected chi connectivity index (χ0v) is 13.2. The minimum Gasteiger partial charge on any atom is -0.316 e. The summed E-state index contributed by atoms with van der Waals surface area (Å²) in [7, 11) is 2.00. The molecule has 1 aromatic rings. The van der Waals surface area contributed by atoms with Gasteiger partial charge in [0.2, 0.25) is 0 Å². The fraction of sp³-hybridized carbons (Fsp3) is 0.812. The maximum absolute atomic E-state index is 4.57. The van der Waals surface area contributed by atoms with Gasteiger partial charge < -0.3 is 5.32 Å². The molecule has 0 aromatic carbocycles. The van der Waals surface area contributed by atoms with Crippen LogP contribution in [0.5, 0.6) is 0 Å². The molecule has 1 atom stereocenters. The van der Waals surface area contributed by atoms with Crippen LogP contribution in [-0.4, -0.2) is 22.9 Å². The van der Waals surface area contributed by atoms with Crippen LogP contribution in [0.25, 0.3) is 0 Å². The van der Waals surface area contributed by atoms with E-state index >= 15 is 0 Å². The van der Waals surface area contributed by atoms with Gasteiger partial charge >= 0.3 is 0 Å². The molecule has 0 aliphatic heterocycles. The van der Waals surface area contributed by atoms with Gasteiger partial charge in [0.15, 0.2) is 0 Å². The van der Waals surface area contributed by atoms with Gasteiger partial charge in [0.1, 0.15) is 0 Å². The van der Waals surface area contributed by atoms with Crippen LogP contribution < -0.4 is 5.32 Å². The molecule has 19 heavy (non-hydrogen) atoms. The first-order valence-corrected chi connectivity index (χ1v) is 7.85. The van der Waals surface area contributed by atoms with Gasteiger partial charge in [0, 0.05) is 19.8 Å². The average molecular weight is 265 g/mol. The lowest BCUT2D eigenvalue weighted by atomic mass is 9.76. The molecular formula is C16H31N3. The average Bonchev–Trinajstić information content (AvgIpc) is 2.81. The van der Waals surface area contributed by atoms with Crippen molar-refractivity contribution in [3.63, 3.8) is 0 Å². The quantitative estimate of drug-likeness (QED) is 0.656. The standard InChI is InChI=1S/C16H31N3/c1-5-8-10-16(7-3,14-17-11-6-2)13-15-9-12-19(4)18-15/h9,12,17H,5-8,10-11,13-14H2,1-4H3. The van der Waals surface area contributed by atoms with Gasteiger partial charge in [-0.25, -0.2) is 0 Å². The van der Waals surface area contributed by atoms with Gasteiger partial charge in [0.25, 0.3) is 0 Å². The van der Waals surface area contributed by atoms with E-state index in [1.807, 2.05) is 11.7 Å². The lowest BCUT2D eigenvalue weighted by molar-refractivity contribution is 0.227. The molecule has 1 rings (SSSR count). The maximum Gasteiger partial charge on any atom is 0.0630 e. The molecule has 0 radical (unpaired) electrons. The Morgan fingerprint density at radius 1 is 1.26 bits per heavy atom. The molecular weight excluding hydrogens is 234 g/mol. The SMILES string of the molecule is CCCCC(CC)(CNCCC)Cc1ccn(C)n1. The van der Waals surface area contributed by atoms with Crippen molar-refractivity contribution in [1.29, 1.82) is 0 Å². The van der Waals surface area contributed by atoms with Crippen LogP contribution >= 0.6 is 0 Å². The highest BCUT2D eigenvalue weighted by Crippen LogP contribution is 2.32. The predicted octanol–water partition coefficient (Wildman–Crippen LogP) is 3.55. The smallest absolute Gasteiger partial charge is 0.0630 e. The lowest BCUT2D eigenvalue weighted by Crippen LogP contribution is -2.36. The normalized spacial score (nSPS) is 14.5. The van der Waals surface area contributed by atoms with Gasteiger partial charge in [-0.1, -0.05) is 33.6 Å². The van der Waals surface area contributed by atoms with Crippen LogP contribution in [0.3, 0.4) is 0 Å². The topological polar surface area (TPSA) is 29.9 Å². The number of hydrogen-bond acceptors (Lipinski definition) is 2. The first-order chi connectivity index (χ1) is 9.15. The third-order valence-electron chi connectivity index (χ3n) is 4.06. The summed E-state index contributed by atoms with van der Waals surface area (Å²) in [5.41, 5.74) is 1.61. The van der Waals surface area contributed by atoms with Crippen LogP contribution in [0.1, 0.15) is 58.6 Å².